The van der Waals surface area contributed by atoms with Gasteiger partial charge in [-0.15, -0.1) is 0 Å². The third kappa shape index (κ3) is 3.32. The van der Waals surface area contributed by atoms with Gasteiger partial charge in [0.2, 0.25) is 5.78 Å². The first-order chi connectivity index (χ1) is 12.4. The van der Waals surface area contributed by atoms with E-state index in [-0.39, 0.29) is 24.2 Å². The van der Waals surface area contributed by atoms with Crippen LogP contribution in [-0.4, -0.2) is 23.5 Å². The third-order valence-corrected chi connectivity index (χ3v) is 4.51. The quantitative estimate of drug-likeness (QED) is 0.317. The van der Waals surface area contributed by atoms with Crippen molar-refractivity contribution in [2.75, 3.05) is 16.8 Å². The summed E-state index contributed by atoms with van der Waals surface area (Å²) < 4.78 is 0. The number of hydrogen-bond donors (Lipinski definition) is 2. The van der Waals surface area contributed by atoms with E-state index in [1.807, 2.05) is 18.7 Å². The molecule has 0 saturated heterocycles. The number of fused-ring (bicyclic) bond motifs is 1. The summed E-state index contributed by atoms with van der Waals surface area (Å²) in [4.78, 5) is 36.3. The summed E-state index contributed by atoms with van der Waals surface area (Å²) >= 11 is 0. The Morgan fingerprint density at radius 1 is 1.38 bits per heavy atom. The van der Waals surface area contributed by atoms with Crippen LogP contribution in [0.25, 0.3) is 0 Å². The van der Waals surface area contributed by atoms with E-state index in [1.54, 1.807) is 6.92 Å². The molecule has 8 nitrogen and oxygen atoms in total. The molecular weight excluding hydrogens is 336 g/mol. The van der Waals surface area contributed by atoms with Gasteiger partial charge < -0.3 is 16.0 Å². The van der Waals surface area contributed by atoms with Gasteiger partial charge in [0.25, 0.3) is 5.69 Å². The summed E-state index contributed by atoms with van der Waals surface area (Å²) in [6.45, 7) is 6.24. The Morgan fingerprint density at radius 2 is 2.08 bits per heavy atom. The molecule has 1 aromatic carbocycles. The Kier molecular flexibility index (Phi) is 6.10. The molecule has 0 saturated carbocycles. The number of anilines is 2. The summed E-state index contributed by atoms with van der Waals surface area (Å²) in [5.41, 5.74) is 8.97. The van der Waals surface area contributed by atoms with Crippen LogP contribution in [0.2, 0.25) is 0 Å². The van der Waals surface area contributed by atoms with E-state index in [2.05, 4.69) is 5.32 Å². The number of Topliss-reactive ketones (excluding diaryl/α,β-unsaturated/α-hetero) is 1. The van der Waals surface area contributed by atoms with Crippen molar-refractivity contribution in [1.29, 1.82) is 0 Å². The van der Waals surface area contributed by atoms with Gasteiger partial charge in [-0.1, -0.05) is 20.3 Å². The minimum atomic E-state index is -0.640. The second-order valence-electron chi connectivity index (χ2n) is 6.19. The Labute approximate surface area is 152 Å². The molecule has 0 aliphatic carbocycles. The number of nitro benzene ring substituents is 1. The first kappa shape index (κ1) is 19.6. The van der Waals surface area contributed by atoms with Gasteiger partial charge in [0.1, 0.15) is 5.70 Å². The second kappa shape index (κ2) is 8.09. The van der Waals surface area contributed by atoms with Crippen molar-refractivity contribution < 1.29 is 14.5 Å². The fraction of sp³-hybridized carbons (Fsp3) is 0.444. The van der Waals surface area contributed by atoms with Crippen molar-refractivity contribution in [2.45, 2.75) is 46.6 Å². The number of aldehydes is 1. The number of nitrogens with zero attached hydrogens (tertiary/aromatic N) is 2. The summed E-state index contributed by atoms with van der Waals surface area (Å²) in [6.07, 6.45) is 2.39. The molecule has 0 radical (unpaired) electrons. The van der Waals surface area contributed by atoms with Crippen LogP contribution in [0.5, 0.6) is 0 Å². The van der Waals surface area contributed by atoms with E-state index in [1.165, 1.54) is 6.07 Å². The monoisotopic (exact) mass is 360 g/mol. The van der Waals surface area contributed by atoms with Crippen molar-refractivity contribution in [1.82, 2.24) is 0 Å². The van der Waals surface area contributed by atoms with Crippen LogP contribution >= 0.6 is 0 Å². The van der Waals surface area contributed by atoms with E-state index < -0.39 is 10.7 Å². The van der Waals surface area contributed by atoms with E-state index in [0.717, 1.165) is 12.8 Å². The summed E-state index contributed by atoms with van der Waals surface area (Å²) in [7, 11) is 0. The van der Waals surface area contributed by atoms with Gasteiger partial charge in [-0.2, -0.15) is 0 Å². The van der Waals surface area contributed by atoms with Gasteiger partial charge in [0.15, 0.2) is 6.29 Å². The SMILES string of the molecule is CCCC1=C(C(=O)C=O)Nc2c(cc([N+](=O)[O-])c(C)c2CN)N1CCC. The summed E-state index contributed by atoms with van der Waals surface area (Å²) in [5, 5.41) is 14.5. The van der Waals surface area contributed by atoms with Crippen molar-refractivity contribution in [3.63, 3.8) is 0 Å². The molecule has 0 bridgehead atoms. The lowest BCUT2D eigenvalue weighted by Crippen LogP contribution is -2.34. The van der Waals surface area contributed by atoms with E-state index in [0.29, 0.717) is 41.2 Å². The van der Waals surface area contributed by atoms with Crippen molar-refractivity contribution in [3.05, 3.63) is 38.7 Å². The first-order valence-corrected chi connectivity index (χ1v) is 8.69. The highest BCUT2D eigenvalue weighted by Gasteiger charge is 2.32. The van der Waals surface area contributed by atoms with Crippen LogP contribution in [0.4, 0.5) is 17.1 Å². The fourth-order valence-electron chi connectivity index (χ4n) is 3.32. The van der Waals surface area contributed by atoms with Gasteiger partial charge in [-0.05, 0) is 19.8 Å². The van der Waals surface area contributed by atoms with Crippen LogP contribution < -0.4 is 16.0 Å². The van der Waals surface area contributed by atoms with Gasteiger partial charge >= 0.3 is 0 Å². The molecule has 0 atom stereocenters. The maximum Gasteiger partial charge on any atom is 0.274 e. The van der Waals surface area contributed by atoms with Gasteiger partial charge in [0, 0.05) is 36.0 Å². The highest BCUT2D eigenvalue weighted by Crippen LogP contribution is 2.43. The molecule has 0 fully saturated rings. The molecule has 1 aliphatic heterocycles. The van der Waals surface area contributed by atoms with Crippen LogP contribution in [0.1, 0.15) is 44.2 Å². The van der Waals surface area contributed by atoms with Crippen molar-refractivity contribution >= 4 is 29.1 Å². The average molecular weight is 360 g/mol. The molecule has 26 heavy (non-hydrogen) atoms. The predicted octanol–water partition coefficient (Wildman–Crippen LogP) is 2.78. The normalized spacial score (nSPS) is 13.3. The van der Waals surface area contributed by atoms with Crippen LogP contribution in [0.3, 0.4) is 0 Å². The van der Waals surface area contributed by atoms with E-state index >= 15 is 0 Å². The number of carbonyl (C=O) groups excluding carboxylic acids is 2. The highest BCUT2D eigenvalue weighted by atomic mass is 16.6. The molecule has 1 aromatic rings. The van der Waals surface area contributed by atoms with Crippen LogP contribution in [-0.2, 0) is 16.1 Å². The predicted molar refractivity (Wildman–Crippen MR) is 100.0 cm³/mol. The number of nitrogens with two attached hydrogens (primary N) is 1. The number of ketones is 1. The number of hydrogen-bond acceptors (Lipinski definition) is 7. The molecule has 8 heteroatoms. The maximum atomic E-state index is 12.2. The maximum absolute atomic E-state index is 12.2. The van der Waals surface area contributed by atoms with E-state index in [4.69, 9.17) is 5.73 Å². The number of carbonyl (C=O) groups is 2. The zero-order chi connectivity index (χ0) is 19.4. The lowest BCUT2D eigenvalue weighted by atomic mass is 9.97. The highest BCUT2D eigenvalue weighted by molar-refractivity contribution is 6.34. The fourth-order valence-corrected chi connectivity index (χ4v) is 3.32. The second-order valence-corrected chi connectivity index (χ2v) is 6.19. The Balaban J connectivity index is 2.80. The van der Waals surface area contributed by atoms with Gasteiger partial charge in [-0.25, -0.2) is 0 Å². The Hall–Kier alpha value is -2.74. The molecule has 0 spiro atoms. The molecule has 0 unspecified atom stereocenters. The third-order valence-electron chi connectivity index (χ3n) is 4.51. The lowest BCUT2D eigenvalue weighted by Gasteiger charge is -2.36. The van der Waals surface area contributed by atoms with Crippen LogP contribution in [0, 0.1) is 17.0 Å². The molecule has 0 aromatic heterocycles. The van der Waals surface area contributed by atoms with Gasteiger partial charge in [0.05, 0.1) is 16.3 Å². The first-order valence-electron chi connectivity index (χ1n) is 8.69. The Bertz CT molecular complexity index is 786. The topological polar surface area (TPSA) is 119 Å². The zero-order valence-corrected chi connectivity index (χ0v) is 15.3. The number of rotatable bonds is 8. The van der Waals surface area contributed by atoms with Crippen molar-refractivity contribution in [3.8, 4) is 0 Å². The molecule has 140 valence electrons. The Morgan fingerprint density at radius 3 is 2.58 bits per heavy atom. The average Bonchev–Trinajstić information content (AvgIpc) is 2.62. The summed E-state index contributed by atoms with van der Waals surface area (Å²) in [5.74, 6) is -0.640. The zero-order valence-electron chi connectivity index (χ0n) is 15.3. The smallest absolute Gasteiger partial charge is 0.274 e. The number of allylic oxidation sites excluding steroid dienone is 2. The van der Waals surface area contributed by atoms with E-state index in [9.17, 15) is 19.7 Å². The lowest BCUT2D eigenvalue weighted by molar-refractivity contribution is -0.385. The number of benzene rings is 1. The standard InChI is InChI=1S/C18H24N4O4/c1-4-6-13-18(16(24)10-23)20-17-12(9-19)11(3)14(22(25)26)8-15(17)21(13)7-5-2/h8,10,20H,4-7,9,19H2,1-3H3. The summed E-state index contributed by atoms with van der Waals surface area (Å²) in [6, 6.07) is 1.52. The minimum Gasteiger partial charge on any atom is -0.349 e. The molecule has 0 amide bonds. The largest absolute Gasteiger partial charge is 0.349 e. The number of nitrogens with one attached hydrogen (secondary N) is 1. The molecule has 2 rings (SSSR count). The van der Waals surface area contributed by atoms with Crippen LogP contribution in [0.15, 0.2) is 17.5 Å². The molecule has 3 N–H and O–H groups in total. The minimum absolute atomic E-state index is 0.00637. The number of nitro groups is 1. The van der Waals surface area contributed by atoms with Crippen molar-refractivity contribution in [2.24, 2.45) is 5.73 Å². The molecular formula is C18H24N4O4. The van der Waals surface area contributed by atoms with Gasteiger partial charge in [-0.3, -0.25) is 19.7 Å². The molecule has 1 aliphatic rings. The molecule has 1 heterocycles.